The molecule has 0 bridgehead atoms. The average molecular weight is 525 g/mol. The standard InChI is InChI=1S/C18H14F5N5O.C2HF3O2/c19-16(20)12(8-24)7-15-26-27-17(29)28(15)13-3-1-2-10(6-13)11-4-5-14(25-9-11)18(21,22)23;3-2(4,5)1(6)7/h1-6,9H,7-8,24H2,(H,27,29);(H,6,7). The summed E-state index contributed by atoms with van der Waals surface area (Å²) < 4.78 is 96.7. The van der Waals surface area contributed by atoms with Gasteiger partial charge >= 0.3 is 24.0 Å². The van der Waals surface area contributed by atoms with Crippen molar-refractivity contribution in [1.29, 1.82) is 0 Å². The van der Waals surface area contributed by atoms with Crippen molar-refractivity contribution in [1.82, 2.24) is 19.7 Å². The van der Waals surface area contributed by atoms with Crippen LogP contribution < -0.4 is 11.4 Å². The highest BCUT2D eigenvalue weighted by Gasteiger charge is 2.38. The molecular formula is C20H15F8N5O3. The molecule has 0 aliphatic carbocycles. The van der Waals surface area contributed by atoms with E-state index in [1.54, 1.807) is 18.2 Å². The van der Waals surface area contributed by atoms with E-state index < -0.39 is 42.3 Å². The maximum absolute atomic E-state index is 12.9. The Morgan fingerprint density at radius 2 is 1.69 bits per heavy atom. The van der Waals surface area contributed by atoms with Crippen molar-refractivity contribution in [2.75, 3.05) is 6.54 Å². The van der Waals surface area contributed by atoms with Gasteiger partial charge in [-0.1, -0.05) is 18.2 Å². The van der Waals surface area contributed by atoms with Crippen molar-refractivity contribution in [3.8, 4) is 16.8 Å². The van der Waals surface area contributed by atoms with Gasteiger partial charge in [-0.15, -0.1) is 0 Å². The monoisotopic (exact) mass is 525 g/mol. The smallest absolute Gasteiger partial charge is 0.475 e. The Morgan fingerprint density at radius 3 is 2.17 bits per heavy atom. The molecule has 8 nitrogen and oxygen atoms in total. The van der Waals surface area contributed by atoms with Crippen molar-refractivity contribution < 1.29 is 45.0 Å². The quantitative estimate of drug-likeness (QED) is 0.434. The Kier molecular flexibility index (Phi) is 8.69. The predicted molar refractivity (Wildman–Crippen MR) is 108 cm³/mol. The Labute approximate surface area is 195 Å². The SMILES string of the molecule is NCC(Cc1n[nH]c(=O)n1-c1cccc(-c2ccc(C(F)(F)F)nc2)c1)=C(F)F.O=C(O)C(F)(F)F. The van der Waals surface area contributed by atoms with Crippen LogP contribution >= 0.6 is 0 Å². The molecule has 3 aromatic rings. The van der Waals surface area contributed by atoms with E-state index in [1.807, 2.05) is 0 Å². The van der Waals surface area contributed by atoms with Gasteiger partial charge in [0.15, 0.2) is 0 Å². The maximum Gasteiger partial charge on any atom is 0.490 e. The lowest BCUT2D eigenvalue weighted by Gasteiger charge is -2.10. The summed E-state index contributed by atoms with van der Waals surface area (Å²) in [5, 5.41) is 13.1. The highest BCUT2D eigenvalue weighted by atomic mass is 19.4. The summed E-state index contributed by atoms with van der Waals surface area (Å²) >= 11 is 0. The molecule has 0 saturated heterocycles. The molecule has 0 amide bonds. The first kappa shape index (κ1) is 28.2. The zero-order valence-corrected chi connectivity index (χ0v) is 17.7. The third-order valence-corrected chi connectivity index (χ3v) is 4.36. The van der Waals surface area contributed by atoms with E-state index in [4.69, 9.17) is 15.6 Å². The number of carboxylic acids is 1. The number of H-pyrrole nitrogens is 1. The number of benzene rings is 1. The van der Waals surface area contributed by atoms with Crippen LogP contribution in [-0.4, -0.2) is 43.5 Å². The number of hydrogen-bond acceptors (Lipinski definition) is 5. The molecule has 0 radical (unpaired) electrons. The lowest BCUT2D eigenvalue weighted by atomic mass is 10.1. The number of alkyl halides is 6. The normalized spacial score (nSPS) is 11.5. The molecule has 0 aliphatic rings. The van der Waals surface area contributed by atoms with Gasteiger partial charge in [0.05, 0.1) is 5.69 Å². The Balaban J connectivity index is 0.000000572. The van der Waals surface area contributed by atoms with E-state index in [2.05, 4.69) is 15.2 Å². The summed E-state index contributed by atoms with van der Waals surface area (Å²) in [5.74, 6) is -2.74. The molecule has 0 unspecified atom stereocenters. The van der Waals surface area contributed by atoms with Crippen LogP contribution in [-0.2, 0) is 17.4 Å². The molecule has 0 saturated carbocycles. The second kappa shape index (κ2) is 11.1. The van der Waals surface area contributed by atoms with E-state index in [1.165, 1.54) is 12.1 Å². The highest BCUT2D eigenvalue weighted by molar-refractivity contribution is 5.73. The van der Waals surface area contributed by atoms with Gasteiger partial charge in [-0.3, -0.25) is 4.98 Å². The topological polar surface area (TPSA) is 127 Å². The zero-order chi connectivity index (χ0) is 27.3. The lowest BCUT2D eigenvalue weighted by molar-refractivity contribution is -0.192. The third kappa shape index (κ3) is 7.21. The highest BCUT2D eigenvalue weighted by Crippen LogP contribution is 2.29. The van der Waals surface area contributed by atoms with Crippen LogP contribution in [0.15, 0.2) is 59.0 Å². The summed E-state index contributed by atoms with van der Waals surface area (Å²) in [6, 6.07) is 8.34. The van der Waals surface area contributed by atoms with Crippen LogP contribution in [0.25, 0.3) is 16.8 Å². The second-order valence-electron chi connectivity index (χ2n) is 6.81. The summed E-state index contributed by atoms with van der Waals surface area (Å²) in [6.45, 7) is -0.402. The Bertz CT molecular complexity index is 1290. The molecule has 3 rings (SSSR count). The first-order valence-electron chi connectivity index (χ1n) is 9.48. The number of rotatable bonds is 5. The van der Waals surface area contributed by atoms with Crippen molar-refractivity contribution in [3.63, 3.8) is 0 Å². The number of carbonyl (C=O) groups is 1. The molecule has 16 heteroatoms. The number of hydrogen-bond donors (Lipinski definition) is 3. The minimum Gasteiger partial charge on any atom is -0.475 e. The van der Waals surface area contributed by atoms with Gasteiger partial charge in [-0.2, -0.15) is 40.2 Å². The van der Waals surface area contributed by atoms with E-state index >= 15 is 0 Å². The predicted octanol–water partition coefficient (Wildman–Crippen LogP) is 3.93. The van der Waals surface area contributed by atoms with Crippen LogP contribution in [0.5, 0.6) is 0 Å². The Morgan fingerprint density at radius 1 is 1.06 bits per heavy atom. The number of carboxylic acid groups (broad SMARTS) is 1. The number of pyridine rings is 1. The van der Waals surface area contributed by atoms with Gasteiger partial charge in [-0.25, -0.2) is 19.3 Å². The van der Waals surface area contributed by atoms with Crippen molar-refractivity contribution in [3.05, 3.63) is 76.3 Å². The van der Waals surface area contributed by atoms with Crippen molar-refractivity contribution >= 4 is 5.97 Å². The fourth-order valence-corrected chi connectivity index (χ4v) is 2.68. The van der Waals surface area contributed by atoms with Crippen molar-refractivity contribution in [2.24, 2.45) is 5.73 Å². The fourth-order valence-electron chi connectivity index (χ4n) is 2.68. The molecule has 2 heterocycles. The van der Waals surface area contributed by atoms with Gasteiger partial charge in [0.1, 0.15) is 11.5 Å². The zero-order valence-electron chi connectivity index (χ0n) is 17.7. The minimum atomic E-state index is -5.08. The number of aromatic nitrogens is 4. The molecule has 2 aromatic heterocycles. The van der Waals surface area contributed by atoms with E-state index in [-0.39, 0.29) is 17.8 Å². The van der Waals surface area contributed by atoms with E-state index in [0.717, 1.165) is 16.8 Å². The number of aliphatic carboxylic acids is 1. The molecule has 4 N–H and O–H groups in total. The second-order valence-corrected chi connectivity index (χ2v) is 6.81. The number of nitrogens with one attached hydrogen (secondary N) is 1. The fraction of sp³-hybridized carbons (Fsp3) is 0.200. The van der Waals surface area contributed by atoms with Gasteiger partial charge in [0, 0.05) is 30.3 Å². The van der Waals surface area contributed by atoms with Crippen LogP contribution in [0, 0.1) is 0 Å². The van der Waals surface area contributed by atoms with Crippen LogP contribution in [0.3, 0.4) is 0 Å². The van der Waals surface area contributed by atoms with E-state index in [0.29, 0.717) is 16.8 Å². The molecule has 0 spiro atoms. The van der Waals surface area contributed by atoms with Crippen LogP contribution in [0.2, 0.25) is 0 Å². The van der Waals surface area contributed by atoms with Crippen LogP contribution in [0.1, 0.15) is 11.5 Å². The summed E-state index contributed by atoms with van der Waals surface area (Å²) in [5.41, 5.74) is 4.42. The van der Waals surface area contributed by atoms with Gasteiger partial charge in [0.25, 0.3) is 6.08 Å². The lowest BCUT2D eigenvalue weighted by Crippen LogP contribution is -2.21. The maximum atomic E-state index is 12.9. The Hall–Kier alpha value is -4.08. The third-order valence-electron chi connectivity index (χ3n) is 4.36. The van der Waals surface area contributed by atoms with Gasteiger partial charge in [-0.05, 0) is 23.8 Å². The molecule has 0 fully saturated rings. The van der Waals surface area contributed by atoms with Gasteiger partial charge in [0.2, 0.25) is 0 Å². The number of nitrogens with zero attached hydrogens (tertiary/aromatic N) is 3. The molecule has 36 heavy (non-hydrogen) atoms. The average Bonchev–Trinajstić information content (AvgIpc) is 3.16. The molecule has 0 aliphatic heterocycles. The molecule has 1 aromatic carbocycles. The van der Waals surface area contributed by atoms with Gasteiger partial charge < -0.3 is 10.8 Å². The number of halogens is 8. The first-order chi connectivity index (χ1) is 16.6. The first-order valence-corrected chi connectivity index (χ1v) is 9.48. The largest absolute Gasteiger partial charge is 0.490 e. The molecule has 194 valence electrons. The van der Waals surface area contributed by atoms with Crippen LogP contribution in [0.4, 0.5) is 35.1 Å². The summed E-state index contributed by atoms with van der Waals surface area (Å²) in [4.78, 5) is 24.5. The van der Waals surface area contributed by atoms with Crippen molar-refractivity contribution in [2.45, 2.75) is 18.8 Å². The minimum absolute atomic E-state index is 0.0194. The number of aromatic amines is 1. The molecule has 0 atom stereocenters. The summed E-state index contributed by atoms with van der Waals surface area (Å²) in [7, 11) is 0. The van der Waals surface area contributed by atoms with E-state index in [9.17, 15) is 39.9 Å². The number of nitrogens with two attached hydrogens (primary N) is 1. The molecular weight excluding hydrogens is 510 g/mol. The summed E-state index contributed by atoms with van der Waals surface area (Å²) in [6.07, 6.45) is -10.9.